The minimum Gasteiger partial charge on any atom is -0.462 e. The Morgan fingerprint density at radius 3 is 2.55 bits per heavy atom. The predicted octanol–water partition coefficient (Wildman–Crippen LogP) is 4.73. The van der Waals surface area contributed by atoms with Gasteiger partial charge >= 0.3 is 11.9 Å². The Morgan fingerprint density at radius 2 is 1.97 bits per heavy atom. The van der Waals surface area contributed by atoms with Crippen molar-refractivity contribution in [1.29, 1.82) is 0 Å². The Kier molecular flexibility index (Phi) is 12.1. The van der Waals surface area contributed by atoms with Gasteiger partial charge in [-0.1, -0.05) is 25.0 Å². The van der Waals surface area contributed by atoms with Gasteiger partial charge in [-0.25, -0.2) is 0 Å². The van der Waals surface area contributed by atoms with E-state index in [1.54, 1.807) is 0 Å². The molecule has 31 heavy (non-hydrogen) atoms. The first-order valence-corrected chi connectivity index (χ1v) is 11.5. The lowest BCUT2D eigenvalue weighted by molar-refractivity contribution is -0.167. The zero-order valence-electron chi connectivity index (χ0n) is 20.6. The van der Waals surface area contributed by atoms with Crippen LogP contribution in [0.25, 0.3) is 0 Å². The van der Waals surface area contributed by atoms with E-state index in [-0.39, 0.29) is 24.6 Å². The van der Waals surface area contributed by atoms with Gasteiger partial charge in [-0.2, -0.15) is 0 Å². The van der Waals surface area contributed by atoms with Crippen LogP contribution in [0.3, 0.4) is 0 Å². The molecule has 178 valence electrons. The highest BCUT2D eigenvalue weighted by molar-refractivity contribution is 5.66. The SMILES string of the molecule is CNC(CC=C(C)C)C(C)CCC[C@]1(C)OCC(=CCOC(C)=O)CC[C@H]1OC(C)=O. The molecule has 1 saturated heterocycles. The van der Waals surface area contributed by atoms with Gasteiger partial charge in [0, 0.05) is 19.9 Å². The highest BCUT2D eigenvalue weighted by Gasteiger charge is 2.39. The minimum absolute atomic E-state index is 0.248. The molecule has 0 spiro atoms. The topological polar surface area (TPSA) is 73.9 Å². The standard InChI is InChI=1S/C25H43NO5/c1-18(2)10-12-23(26-7)19(3)9-8-15-25(6)24(31-21(5)28)13-11-22(17-30-25)14-16-29-20(4)27/h10,14,19,23-24,26H,8-9,11-13,15-17H2,1-7H3/t19?,23?,24-,25+/m1/s1. The summed E-state index contributed by atoms with van der Waals surface area (Å²) in [4.78, 5) is 22.7. The van der Waals surface area contributed by atoms with Crippen molar-refractivity contribution in [3.05, 3.63) is 23.3 Å². The van der Waals surface area contributed by atoms with Crippen molar-refractivity contribution < 1.29 is 23.8 Å². The number of carbonyl (C=O) groups is 2. The molecule has 1 rings (SSSR count). The fraction of sp³-hybridized carbons (Fsp3) is 0.760. The van der Waals surface area contributed by atoms with Gasteiger partial charge in [-0.3, -0.25) is 9.59 Å². The van der Waals surface area contributed by atoms with Crippen molar-refractivity contribution in [2.75, 3.05) is 20.3 Å². The molecule has 1 fully saturated rings. The first kappa shape index (κ1) is 27.4. The summed E-state index contributed by atoms with van der Waals surface area (Å²) in [5, 5.41) is 3.44. The molecule has 1 aliphatic heterocycles. The molecule has 0 amide bonds. The highest BCUT2D eigenvalue weighted by atomic mass is 16.6. The molecule has 0 bridgehead atoms. The highest BCUT2D eigenvalue weighted by Crippen LogP contribution is 2.34. The summed E-state index contributed by atoms with van der Waals surface area (Å²) in [5.74, 6) is -0.0496. The molecule has 1 heterocycles. The van der Waals surface area contributed by atoms with Gasteiger partial charge < -0.3 is 19.5 Å². The van der Waals surface area contributed by atoms with Gasteiger partial charge in [0.2, 0.25) is 0 Å². The number of carbonyl (C=O) groups excluding carboxylic acids is 2. The van der Waals surface area contributed by atoms with Crippen LogP contribution in [0, 0.1) is 5.92 Å². The number of esters is 2. The Balaban J connectivity index is 2.74. The molecule has 2 unspecified atom stereocenters. The molecule has 6 heteroatoms. The lowest BCUT2D eigenvalue weighted by Crippen LogP contribution is -2.44. The van der Waals surface area contributed by atoms with E-state index >= 15 is 0 Å². The fourth-order valence-electron chi connectivity index (χ4n) is 4.07. The average molecular weight is 438 g/mol. The number of rotatable bonds is 11. The van der Waals surface area contributed by atoms with E-state index in [4.69, 9.17) is 14.2 Å². The number of allylic oxidation sites excluding steroid dienone is 1. The molecule has 0 aromatic heterocycles. The zero-order chi connectivity index (χ0) is 23.4. The third kappa shape index (κ3) is 10.5. The Hall–Kier alpha value is -1.66. The molecule has 6 nitrogen and oxygen atoms in total. The van der Waals surface area contributed by atoms with Crippen LogP contribution in [0.2, 0.25) is 0 Å². The number of nitrogens with one attached hydrogen (secondary N) is 1. The zero-order valence-corrected chi connectivity index (χ0v) is 20.6. The van der Waals surface area contributed by atoms with Crippen molar-refractivity contribution >= 4 is 11.9 Å². The molecule has 0 saturated carbocycles. The summed E-state index contributed by atoms with van der Waals surface area (Å²) >= 11 is 0. The quantitative estimate of drug-likeness (QED) is 0.372. The van der Waals surface area contributed by atoms with E-state index in [1.807, 2.05) is 13.1 Å². The van der Waals surface area contributed by atoms with E-state index in [0.29, 0.717) is 25.0 Å². The van der Waals surface area contributed by atoms with Crippen molar-refractivity contribution in [3.8, 4) is 0 Å². The Morgan fingerprint density at radius 1 is 1.26 bits per heavy atom. The summed E-state index contributed by atoms with van der Waals surface area (Å²) in [6, 6.07) is 0.442. The number of hydrogen-bond donors (Lipinski definition) is 1. The minimum atomic E-state index is -0.530. The van der Waals surface area contributed by atoms with E-state index in [0.717, 1.165) is 37.7 Å². The van der Waals surface area contributed by atoms with Gasteiger partial charge in [-0.15, -0.1) is 0 Å². The molecule has 4 atom stereocenters. The second-order valence-corrected chi connectivity index (χ2v) is 9.18. The summed E-state index contributed by atoms with van der Waals surface area (Å²) in [6.07, 6.45) is 9.29. The van der Waals surface area contributed by atoms with Crippen molar-refractivity contribution in [2.45, 2.75) is 97.8 Å². The molecule has 1 N–H and O–H groups in total. The average Bonchev–Trinajstić information content (AvgIpc) is 2.82. The predicted molar refractivity (Wildman–Crippen MR) is 124 cm³/mol. The van der Waals surface area contributed by atoms with Crippen LogP contribution < -0.4 is 5.32 Å². The van der Waals surface area contributed by atoms with E-state index in [1.165, 1.54) is 19.4 Å². The molecule has 0 aliphatic carbocycles. The molecule has 0 aromatic carbocycles. The van der Waals surface area contributed by atoms with E-state index in [2.05, 4.69) is 39.1 Å². The summed E-state index contributed by atoms with van der Waals surface area (Å²) in [7, 11) is 2.02. The van der Waals surface area contributed by atoms with E-state index in [9.17, 15) is 9.59 Å². The molecule has 1 aliphatic rings. The van der Waals surface area contributed by atoms with E-state index < -0.39 is 5.60 Å². The Labute approximate surface area is 188 Å². The maximum absolute atomic E-state index is 11.7. The summed E-state index contributed by atoms with van der Waals surface area (Å²) < 4.78 is 17.0. The number of hydrogen-bond acceptors (Lipinski definition) is 6. The Bertz CT molecular complexity index is 638. The van der Waals surface area contributed by atoms with Crippen LogP contribution in [0.5, 0.6) is 0 Å². The maximum Gasteiger partial charge on any atom is 0.303 e. The largest absolute Gasteiger partial charge is 0.462 e. The molecule has 0 aromatic rings. The van der Waals surface area contributed by atoms with Crippen LogP contribution in [-0.4, -0.2) is 49.9 Å². The first-order valence-electron chi connectivity index (χ1n) is 11.5. The van der Waals surface area contributed by atoms with Crippen molar-refractivity contribution in [2.24, 2.45) is 5.92 Å². The summed E-state index contributed by atoms with van der Waals surface area (Å²) in [5.41, 5.74) is 1.89. The lowest BCUT2D eigenvalue weighted by atomic mass is 9.86. The smallest absolute Gasteiger partial charge is 0.303 e. The van der Waals surface area contributed by atoms with Crippen LogP contribution in [0.1, 0.15) is 80.1 Å². The van der Waals surface area contributed by atoms with Crippen LogP contribution in [0.4, 0.5) is 0 Å². The van der Waals surface area contributed by atoms with Crippen molar-refractivity contribution in [3.63, 3.8) is 0 Å². The second-order valence-electron chi connectivity index (χ2n) is 9.18. The molecule has 0 radical (unpaired) electrons. The normalized spacial score (nSPS) is 24.7. The van der Waals surface area contributed by atoms with Crippen LogP contribution in [0.15, 0.2) is 23.3 Å². The molecular formula is C25H43NO5. The monoisotopic (exact) mass is 437 g/mol. The summed E-state index contributed by atoms with van der Waals surface area (Å²) in [6.45, 7) is 12.2. The number of ether oxygens (including phenoxy) is 3. The fourth-order valence-corrected chi connectivity index (χ4v) is 4.07. The van der Waals surface area contributed by atoms with Gasteiger partial charge in [0.1, 0.15) is 18.3 Å². The van der Waals surface area contributed by atoms with Crippen LogP contribution in [-0.2, 0) is 23.8 Å². The van der Waals surface area contributed by atoms with Gasteiger partial charge in [0.25, 0.3) is 0 Å². The third-order valence-electron chi connectivity index (χ3n) is 6.13. The maximum atomic E-state index is 11.7. The first-order chi connectivity index (χ1) is 14.6. The van der Waals surface area contributed by atoms with Gasteiger partial charge in [-0.05, 0) is 77.5 Å². The van der Waals surface area contributed by atoms with Gasteiger partial charge in [0.05, 0.1) is 6.61 Å². The van der Waals surface area contributed by atoms with Gasteiger partial charge in [0.15, 0.2) is 0 Å². The van der Waals surface area contributed by atoms with Crippen LogP contribution >= 0.6 is 0 Å². The third-order valence-corrected chi connectivity index (χ3v) is 6.13. The van der Waals surface area contributed by atoms with Crippen molar-refractivity contribution in [1.82, 2.24) is 5.32 Å². The molecular weight excluding hydrogens is 394 g/mol. The lowest BCUT2D eigenvalue weighted by Gasteiger charge is -2.36. The second kappa shape index (κ2) is 13.7.